The molecule has 0 bridgehead atoms. The smallest absolute Gasteiger partial charge is 0.290 e. The van der Waals surface area contributed by atoms with E-state index in [4.69, 9.17) is 5.73 Å². The number of rotatable bonds is 2. The minimum atomic E-state index is -0.112. The molecule has 0 atom stereocenters. The molecule has 1 aromatic rings. The van der Waals surface area contributed by atoms with Crippen LogP contribution < -0.4 is 11.3 Å². The van der Waals surface area contributed by atoms with Gasteiger partial charge in [0.25, 0.3) is 5.56 Å². The first-order valence-electron chi connectivity index (χ1n) is 5.83. The average Bonchev–Trinajstić information content (AvgIpc) is 2.38. The van der Waals surface area contributed by atoms with Gasteiger partial charge in [0, 0.05) is 18.0 Å². The summed E-state index contributed by atoms with van der Waals surface area (Å²) in [4.78, 5) is 12.1. The summed E-state index contributed by atoms with van der Waals surface area (Å²) in [6, 6.07) is 0.130. The van der Waals surface area contributed by atoms with E-state index in [-0.39, 0.29) is 17.0 Å². The van der Waals surface area contributed by atoms with E-state index in [1.807, 2.05) is 25.5 Å². The molecule has 0 saturated carbocycles. The Hall–Kier alpha value is -1.19. The average molecular weight is 225 g/mol. The second-order valence-electron chi connectivity index (χ2n) is 5.47. The molecule has 92 valence electrons. The first-order chi connectivity index (χ1) is 7.21. The van der Waals surface area contributed by atoms with Crippen molar-refractivity contribution in [3.05, 3.63) is 16.0 Å². The maximum atomic E-state index is 12.1. The van der Waals surface area contributed by atoms with Crippen LogP contribution in [0.2, 0.25) is 0 Å². The summed E-state index contributed by atoms with van der Waals surface area (Å²) in [6.07, 6.45) is 0. The van der Waals surface area contributed by atoms with Gasteiger partial charge in [0.1, 0.15) is 5.69 Å². The lowest BCUT2D eigenvalue weighted by Gasteiger charge is -2.23. The van der Waals surface area contributed by atoms with Crippen molar-refractivity contribution in [2.45, 2.75) is 59.5 Å². The van der Waals surface area contributed by atoms with Crippen LogP contribution in [-0.2, 0) is 12.0 Å². The maximum absolute atomic E-state index is 12.1. The normalized spacial score (nSPS) is 12.4. The molecule has 0 aliphatic rings. The van der Waals surface area contributed by atoms with E-state index in [0.717, 1.165) is 12.2 Å². The second-order valence-corrected chi connectivity index (χ2v) is 5.47. The molecule has 0 aliphatic heterocycles. The van der Waals surface area contributed by atoms with Gasteiger partial charge in [0.2, 0.25) is 0 Å². The standard InChI is InChI=1S/C12H23N3O/c1-7-14-10(12(4,5)6)9(13)11(16)15(14)8(2)3/h8H,7,13H2,1-6H3. The SMILES string of the molecule is CCn1c(C(C)(C)C)c(N)c(=O)n1C(C)C. The van der Waals surface area contributed by atoms with Gasteiger partial charge >= 0.3 is 0 Å². The third-order valence-corrected chi connectivity index (χ3v) is 2.71. The van der Waals surface area contributed by atoms with Crippen molar-refractivity contribution in [3.8, 4) is 0 Å². The topological polar surface area (TPSA) is 52.9 Å². The Morgan fingerprint density at radius 2 is 1.81 bits per heavy atom. The largest absolute Gasteiger partial charge is 0.393 e. The lowest BCUT2D eigenvalue weighted by molar-refractivity contribution is 0.377. The first kappa shape index (κ1) is 12.9. The number of hydrogen-bond donors (Lipinski definition) is 1. The number of anilines is 1. The fourth-order valence-corrected chi connectivity index (χ4v) is 2.20. The number of aromatic nitrogens is 2. The lowest BCUT2D eigenvalue weighted by Crippen LogP contribution is -2.27. The van der Waals surface area contributed by atoms with Gasteiger partial charge < -0.3 is 5.73 Å². The zero-order valence-electron chi connectivity index (χ0n) is 11.2. The van der Waals surface area contributed by atoms with Crippen LogP contribution >= 0.6 is 0 Å². The molecule has 1 rings (SSSR count). The lowest BCUT2D eigenvalue weighted by atomic mass is 9.91. The van der Waals surface area contributed by atoms with Crippen LogP contribution in [0.5, 0.6) is 0 Å². The van der Waals surface area contributed by atoms with E-state index < -0.39 is 0 Å². The van der Waals surface area contributed by atoms with E-state index in [1.165, 1.54) is 0 Å². The number of hydrogen-bond acceptors (Lipinski definition) is 2. The van der Waals surface area contributed by atoms with Crippen LogP contribution in [0, 0.1) is 0 Å². The van der Waals surface area contributed by atoms with Crippen LogP contribution in [0.15, 0.2) is 4.79 Å². The Kier molecular flexibility index (Phi) is 3.22. The van der Waals surface area contributed by atoms with Crippen LogP contribution in [-0.4, -0.2) is 9.36 Å². The molecule has 0 amide bonds. The van der Waals surface area contributed by atoms with Gasteiger partial charge in [0.15, 0.2) is 0 Å². The highest BCUT2D eigenvalue weighted by Crippen LogP contribution is 2.27. The highest BCUT2D eigenvalue weighted by atomic mass is 16.1. The molecule has 16 heavy (non-hydrogen) atoms. The van der Waals surface area contributed by atoms with Gasteiger partial charge in [-0.2, -0.15) is 0 Å². The molecule has 0 fully saturated rings. The van der Waals surface area contributed by atoms with Gasteiger partial charge in [-0.3, -0.25) is 9.48 Å². The quantitative estimate of drug-likeness (QED) is 0.838. The van der Waals surface area contributed by atoms with Crippen LogP contribution in [0.25, 0.3) is 0 Å². The monoisotopic (exact) mass is 225 g/mol. The fourth-order valence-electron chi connectivity index (χ4n) is 2.20. The van der Waals surface area contributed by atoms with Crippen molar-refractivity contribution in [1.29, 1.82) is 0 Å². The predicted octanol–water partition coefficient (Wildman–Crippen LogP) is 2.13. The van der Waals surface area contributed by atoms with E-state index in [1.54, 1.807) is 4.68 Å². The zero-order chi connectivity index (χ0) is 12.7. The molecule has 4 nitrogen and oxygen atoms in total. The zero-order valence-corrected chi connectivity index (χ0v) is 11.2. The van der Waals surface area contributed by atoms with Gasteiger partial charge in [-0.1, -0.05) is 20.8 Å². The molecule has 0 spiro atoms. The summed E-state index contributed by atoms with van der Waals surface area (Å²) in [5.74, 6) is 0. The number of nitrogens with two attached hydrogens (primary N) is 1. The van der Waals surface area contributed by atoms with Gasteiger partial charge in [-0.15, -0.1) is 0 Å². The molecule has 1 aromatic heterocycles. The Bertz CT molecular complexity index is 432. The van der Waals surface area contributed by atoms with Gasteiger partial charge in [0.05, 0.1) is 5.69 Å². The Labute approximate surface area is 97.0 Å². The Morgan fingerprint density at radius 3 is 2.12 bits per heavy atom. The van der Waals surface area contributed by atoms with Crippen LogP contribution in [0.4, 0.5) is 5.69 Å². The van der Waals surface area contributed by atoms with Crippen LogP contribution in [0.3, 0.4) is 0 Å². The molecule has 0 aliphatic carbocycles. The van der Waals surface area contributed by atoms with Gasteiger partial charge in [-0.25, -0.2) is 4.68 Å². The molecule has 0 saturated heterocycles. The Morgan fingerprint density at radius 1 is 1.31 bits per heavy atom. The molecular weight excluding hydrogens is 202 g/mol. The molecule has 1 heterocycles. The molecule has 4 heteroatoms. The van der Waals surface area contributed by atoms with E-state index in [0.29, 0.717) is 5.69 Å². The summed E-state index contributed by atoms with van der Waals surface area (Å²) in [6.45, 7) is 13.0. The second kappa shape index (κ2) is 4.00. The minimum absolute atomic E-state index is 0.0678. The predicted molar refractivity (Wildman–Crippen MR) is 67.9 cm³/mol. The maximum Gasteiger partial charge on any atom is 0.290 e. The summed E-state index contributed by atoms with van der Waals surface area (Å²) >= 11 is 0. The third-order valence-electron chi connectivity index (χ3n) is 2.71. The summed E-state index contributed by atoms with van der Waals surface area (Å²) < 4.78 is 3.75. The highest BCUT2D eigenvalue weighted by Gasteiger charge is 2.27. The summed E-state index contributed by atoms with van der Waals surface area (Å²) in [7, 11) is 0. The van der Waals surface area contributed by atoms with Crippen LogP contribution in [0.1, 0.15) is 53.3 Å². The minimum Gasteiger partial charge on any atom is -0.393 e. The van der Waals surface area contributed by atoms with Crippen molar-refractivity contribution in [1.82, 2.24) is 9.36 Å². The Balaban J connectivity index is 3.64. The molecular formula is C12H23N3O. The highest BCUT2D eigenvalue weighted by molar-refractivity contribution is 5.45. The van der Waals surface area contributed by atoms with Crippen molar-refractivity contribution < 1.29 is 0 Å². The van der Waals surface area contributed by atoms with Crippen molar-refractivity contribution in [3.63, 3.8) is 0 Å². The number of nitrogen functional groups attached to an aromatic ring is 1. The van der Waals surface area contributed by atoms with E-state index in [9.17, 15) is 4.79 Å². The summed E-state index contributed by atoms with van der Waals surface area (Å²) in [5, 5.41) is 0. The van der Waals surface area contributed by atoms with Gasteiger partial charge in [-0.05, 0) is 20.8 Å². The van der Waals surface area contributed by atoms with E-state index in [2.05, 4.69) is 20.8 Å². The van der Waals surface area contributed by atoms with E-state index >= 15 is 0 Å². The number of nitrogens with zero attached hydrogens (tertiary/aromatic N) is 2. The molecule has 0 radical (unpaired) electrons. The van der Waals surface area contributed by atoms with Crippen molar-refractivity contribution in [2.75, 3.05) is 5.73 Å². The summed E-state index contributed by atoms with van der Waals surface area (Å²) in [5.41, 5.74) is 7.10. The molecule has 0 aromatic carbocycles. The molecule has 2 N–H and O–H groups in total. The molecule has 0 unspecified atom stereocenters. The first-order valence-corrected chi connectivity index (χ1v) is 5.83. The van der Waals surface area contributed by atoms with Crippen molar-refractivity contribution >= 4 is 5.69 Å². The van der Waals surface area contributed by atoms with Crippen molar-refractivity contribution in [2.24, 2.45) is 0 Å². The third kappa shape index (κ3) is 1.88. The fraction of sp³-hybridized carbons (Fsp3) is 0.750.